The molecule has 2 rings (SSSR count). The Morgan fingerprint density at radius 3 is 2.56 bits per heavy atom. The molecule has 1 heterocycles. The van der Waals surface area contributed by atoms with E-state index >= 15 is 0 Å². The fourth-order valence-electron chi connectivity index (χ4n) is 2.54. The van der Waals surface area contributed by atoms with E-state index in [1.807, 2.05) is 11.8 Å². The quantitative estimate of drug-likeness (QED) is 0.878. The molecule has 1 N–H and O–H groups in total. The smallest absolute Gasteiger partial charge is 0.0828 e. The maximum atomic E-state index is 11.0. The van der Waals surface area contributed by atoms with Gasteiger partial charge >= 0.3 is 0 Å². The summed E-state index contributed by atoms with van der Waals surface area (Å²) in [6.45, 7) is 8.68. The second-order valence-corrected chi connectivity index (χ2v) is 7.42. The molecule has 0 aliphatic carbocycles. The first kappa shape index (κ1) is 14.0. The highest BCUT2D eigenvalue weighted by Crippen LogP contribution is 2.44. The lowest BCUT2D eigenvalue weighted by molar-refractivity contribution is -0.0513. The van der Waals surface area contributed by atoms with Crippen molar-refractivity contribution in [2.75, 3.05) is 11.5 Å². The van der Waals surface area contributed by atoms with Gasteiger partial charge in [-0.25, -0.2) is 0 Å². The zero-order valence-corrected chi connectivity index (χ0v) is 12.7. The lowest BCUT2D eigenvalue weighted by Crippen LogP contribution is -2.51. The molecule has 1 fully saturated rings. The van der Waals surface area contributed by atoms with Crippen LogP contribution in [-0.4, -0.2) is 22.2 Å². The van der Waals surface area contributed by atoms with E-state index < -0.39 is 5.60 Å². The molecule has 0 saturated carbocycles. The second kappa shape index (κ2) is 4.90. The van der Waals surface area contributed by atoms with Crippen LogP contribution in [0, 0.1) is 19.3 Å². The SMILES string of the molecule is Cc1ccc(CC2(O)CSCCC2(C)C)cc1C. The number of aliphatic hydroxyl groups is 1. The van der Waals surface area contributed by atoms with Crippen LogP contribution in [0.4, 0.5) is 0 Å². The van der Waals surface area contributed by atoms with Crippen molar-refractivity contribution in [1.29, 1.82) is 0 Å². The fraction of sp³-hybridized carbons (Fsp3) is 0.625. The molecule has 100 valence electrons. The monoisotopic (exact) mass is 264 g/mol. The Morgan fingerprint density at radius 2 is 1.94 bits per heavy atom. The summed E-state index contributed by atoms with van der Waals surface area (Å²) in [6.07, 6.45) is 1.87. The lowest BCUT2D eigenvalue weighted by Gasteiger charge is -2.46. The highest BCUT2D eigenvalue weighted by molar-refractivity contribution is 7.99. The maximum absolute atomic E-state index is 11.0. The summed E-state index contributed by atoms with van der Waals surface area (Å²) in [5, 5.41) is 11.0. The molecular formula is C16H24OS. The third-order valence-corrected chi connectivity index (χ3v) is 5.71. The number of rotatable bonds is 2. The fourth-order valence-corrected chi connectivity index (χ4v) is 4.17. The number of hydrogen-bond donors (Lipinski definition) is 1. The summed E-state index contributed by atoms with van der Waals surface area (Å²) in [6, 6.07) is 6.55. The third kappa shape index (κ3) is 2.60. The molecule has 0 bridgehead atoms. The van der Waals surface area contributed by atoms with Gasteiger partial charge in [-0.05, 0) is 48.1 Å². The van der Waals surface area contributed by atoms with Crippen molar-refractivity contribution >= 4 is 11.8 Å². The Kier molecular flexibility index (Phi) is 3.80. The Bertz CT molecular complexity index is 439. The van der Waals surface area contributed by atoms with Gasteiger partial charge in [-0.1, -0.05) is 32.0 Å². The van der Waals surface area contributed by atoms with E-state index in [1.165, 1.54) is 22.4 Å². The molecule has 0 spiro atoms. The van der Waals surface area contributed by atoms with Crippen LogP contribution in [0.1, 0.15) is 37.0 Å². The number of benzene rings is 1. The van der Waals surface area contributed by atoms with E-state index in [9.17, 15) is 5.11 Å². The Hall–Kier alpha value is -0.470. The van der Waals surface area contributed by atoms with E-state index in [0.717, 1.165) is 18.6 Å². The van der Waals surface area contributed by atoms with Gasteiger partial charge in [0, 0.05) is 12.2 Å². The molecule has 1 aliphatic heterocycles. The molecule has 0 amide bonds. The Morgan fingerprint density at radius 1 is 1.22 bits per heavy atom. The van der Waals surface area contributed by atoms with Crippen LogP contribution in [0.5, 0.6) is 0 Å². The van der Waals surface area contributed by atoms with Gasteiger partial charge in [0.25, 0.3) is 0 Å². The van der Waals surface area contributed by atoms with Crippen molar-refractivity contribution in [1.82, 2.24) is 0 Å². The van der Waals surface area contributed by atoms with Gasteiger partial charge in [0.1, 0.15) is 0 Å². The predicted molar refractivity (Wildman–Crippen MR) is 80.3 cm³/mol. The number of hydrogen-bond acceptors (Lipinski definition) is 2. The van der Waals surface area contributed by atoms with Crippen molar-refractivity contribution in [2.24, 2.45) is 5.41 Å². The van der Waals surface area contributed by atoms with Gasteiger partial charge < -0.3 is 5.11 Å². The molecule has 0 aromatic heterocycles. The molecular weight excluding hydrogens is 240 g/mol. The number of thioether (sulfide) groups is 1. The third-order valence-electron chi connectivity index (χ3n) is 4.54. The topological polar surface area (TPSA) is 20.2 Å². The van der Waals surface area contributed by atoms with Crippen molar-refractivity contribution in [3.63, 3.8) is 0 Å². The molecule has 1 saturated heterocycles. The Balaban J connectivity index is 2.23. The first-order chi connectivity index (χ1) is 8.34. The van der Waals surface area contributed by atoms with Crippen molar-refractivity contribution < 1.29 is 5.11 Å². The van der Waals surface area contributed by atoms with Crippen LogP contribution in [0.25, 0.3) is 0 Å². The first-order valence-electron chi connectivity index (χ1n) is 6.70. The summed E-state index contributed by atoms with van der Waals surface area (Å²) in [5.41, 5.74) is 3.34. The lowest BCUT2D eigenvalue weighted by atomic mass is 9.70. The van der Waals surface area contributed by atoms with Crippen LogP contribution in [-0.2, 0) is 6.42 Å². The Labute approximate surface area is 115 Å². The van der Waals surface area contributed by atoms with Crippen LogP contribution >= 0.6 is 11.8 Å². The van der Waals surface area contributed by atoms with Crippen LogP contribution in [0.2, 0.25) is 0 Å². The van der Waals surface area contributed by atoms with Gasteiger partial charge in [0.2, 0.25) is 0 Å². The minimum Gasteiger partial charge on any atom is -0.388 e. The van der Waals surface area contributed by atoms with E-state index in [-0.39, 0.29) is 5.41 Å². The van der Waals surface area contributed by atoms with Gasteiger partial charge in [-0.15, -0.1) is 0 Å². The highest BCUT2D eigenvalue weighted by Gasteiger charge is 2.45. The molecule has 1 unspecified atom stereocenters. The zero-order chi connectivity index (χ0) is 13.4. The van der Waals surface area contributed by atoms with Crippen LogP contribution < -0.4 is 0 Å². The average molecular weight is 264 g/mol. The number of aryl methyl sites for hydroxylation is 2. The standard InChI is InChI=1S/C16H24OS/c1-12-5-6-14(9-13(12)2)10-16(17)11-18-8-7-15(16,3)4/h5-6,9,17H,7-8,10-11H2,1-4H3. The minimum atomic E-state index is -0.572. The highest BCUT2D eigenvalue weighted by atomic mass is 32.2. The van der Waals surface area contributed by atoms with E-state index in [2.05, 4.69) is 45.9 Å². The second-order valence-electron chi connectivity index (χ2n) is 6.31. The molecule has 1 aromatic rings. The molecule has 1 aliphatic rings. The molecule has 18 heavy (non-hydrogen) atoms. The first-order valence-corrected chi connectivity index (χ1v) is 7.86. The van der Waals surface area contributed by atoms with Crippen molar-refractivity contribution in [3.05, 3.63) is 34.9 Å². The van der Waals surface area contributed by atoms with E-state index in [1.54, 1.807) is 0 Å². The molecule has 1 atom stereocenters. The average Bonchev–Trinajstić information content (AvgIpc) is 2.28. The van der Waals surface area contributed by atoms with Gasteiger partial charge in [-0.3, -0.25) is 0 Å². The zero-order valence-electron chi connectivity index (χ0n) is 11.9. The summed E-state index contributed by atoms with van der Waals surface area (Å²) in [7, 11) is 0. The van der Waals surface area contributed by atoms with E-state index in [4.69, 9.17) is 0 Å². The summed E-state index contributed by atoms with van der Waals surface area (Å²) in [4.78, 5) is 0. The molecule has 1 aromatic carbocycles. The van der Waals surface area contributed by atoms with Gasteiger partial charge in [0.05, 0.1) is 5.60 Å². The van der Waals surface area contributed by atoms with Crippen LogP contribution in [0.3, 0.4) is 0 Å². The van der Waals surface area contributed by atoms with Gasteiger partial charge in [-0.2, -0.15) is 11.8 Å². The summed E-state index contributed by atoms with van der Waals surface area (Å²) >= 11 is 1.88. The van der Waals surface area contributed by atoms with Crippen molar-refractivity contribution in [2.45, 2.75) is 46.1 Å². The van der Waals surface area contributed by atoms with Gasteiger partial charge in [0.15, 0.2) is 0 Å². The largest absolute Gasteiger partial charge is 0.388 e. The summed E-state index contributed by atoms with van der Waals surface area (Å²) < 4.78 is 0. The maximum Gasteiger partial charge on any atom is 0.0828 e. The minimum absolute atomic E-state index is 0.0110. The predicted octanol–water partition coefficient (Wildman–Crippen LogP) is 3.74. The summed E-state index contributed by atoms with van der Waals surface area (Å²) in [5.74, 6) is 2.02. The normalized spacial score (nSPS) is 27.2. The van der Waals surface area contributed by atoms with E-state index in [0.29, 0.717) is 0 Å². The molecule has 2 heteroatoms. The van der Waals surface area contributed by atoms with Crippen molar-refractivity contribution in [3.8, 4) is 0 Å². The molecule has 1 nitrogen and oxygen atoms in total. The molecule has 0 radical (unpaired) electrons. The van der Waals surface area contributed by atoms with Crippen LogP contribution in [0.15, 0.2) is 18.2 Å².